The number of hydrogen-bond acceptors (Lipinski definition) is 1. The first-order valence-electron chi connectivity index (χ1n) is 5.82. The Morgan fingerprint density at radius 1 is 0.950 bits per heavy atom. The van der Waals surface area contributed by atoms with Gasteiger partial charge in [-0.3, -0.25) is 4.79 Å². The summed E-state index contributed by atoms with van der Waals surface area (Å²) < 4.78 is 53.8. The van der Waals surface area contributed by atoms with Crippen LogP contribution in [0.4, 0.5) is 17.6 Å². The Kier molecular flexibility index (Phi) is 3.88. The normalized spacial score (nSPS) is 10.7. The summed E-state index contributed by atoms with van der Waals surface area (Å²) >= 11 is 0. The highest BCUT2D eigenvalue weighted by Gasteiger charge is 2.18. The summed E-state index contributed by atoms with van der Waals surface area (Å²) in [6, 6.07) is 4.77. The molecule has 0 fully saturated rings. The molecule has 2 rings (SSSR count). The van der Waals surface area contributed by atoms with Gasteiger partial charge in [0.2, 0.25) is 0 Å². The first kappa shape index (κ1) is 14.2. The lowest BCUT2D eigenvalue weighted by Crippen LogP contribution is -2.10. The van der Waals surface area contributed by atoms with Crippen molar-refractivity contribution in [1.29, 1.82) is 0 Å². The van der Waals surface area contributed by atoms with E-state index in [2.05, 4.69) is 0 Å². The van der Waals surface area contributed by atoms with Crippen LogP contribution in [-0.2, 0) is 6.42 Å². The molecule has 20 heavy (non-hydrogen) atoms. The second kappa shape index (κ2) is 5.45. The van der Waals surface area contributed by atoms with E-state index in [9.17, 15) is 22.4 Å². The van der Waals surface area contributed by atoms with Crippen molar-refractivity contribution in [2.45, 2.75) is 13.3 Å². The van der Waals surface area contributed by atoms with Gasteiger partial charge in [-0.15, -0.1) is 0 Å². The Balaban J connectivity index is 2.36. The van der Waals surface area contributed by atoms with Gasteiger partial charge in [0.15, 0.2) is 5.78 Å². The Hall–Kier alpha value is -2.17. The Labute approximate surface area is 112 Å². The molecule has 104 valence electrons. The van der Waals surface area contributed by atoms with E-state index >= 15 is 0 Å². The van der Waals surface area contributed by atoms with Gasteiger partial charge in [-0.05, 0) is 36.8 Å². The van der Waals surface area contributed by atoms with Crippen molar-refractivity contribution >= 4 is 5.78 Å². The van der Waals surface area contributed by atoms with Crippen LogP contribution in [0.15, 0.2) is 30.3 Å². The lowest BCUT2D eigenvalue weighted by atomic mass is 10.0. The summed E-state index contributed by atoms with van der Waals surface area (Å²) in [4.78, 5) is 11.9. The molecule has 0 bridgehead atoms. The summed E-state index contributed by atoms with van der Waals surface area (Å²) in [5, 5.41) is 0. The van der Waals surface area contributed by atoms with Crippen molar-refractivity contribution < 1.29 is 22.4 Å². The SMILES string of the molecule is Cc1cc(F)c(C(=O)Cc2c(F)cccc2F)cc1F. The summed E-state index contributed by atoms with van der Waals surface area (Å²) in [6.07, 6.45) is -0.669. The first-order valence-corrected chi connectivity index (χ1v) is 5.82. The third kappa shape index (κ3) is 2.71. The Morgan fingerprint density at radius 2 is 1.55 bits per heavy atom. The molecule has 0 saturated carbocycles. The number of rotatable bonds is 3. The third-order valence-corrected chi connectivity index (χ3v) is 2.95. The van der Waals surface area contributed by atoms with Gasteiger partial charge < -0.3 is 0 Å². The van der Waals surface area contributed by atoms with E-state index in [1.807, 2.05) is 0 Å². The molecule has 2 aromatic carbocycles. The number of carbonyl (C=O) groups excluding carboxylic acids is 1. The predicted molar refractivity (Wildman–Crippen MR) is 65.5 cm³/mol. The molecule has 2 aromatic rings. The van der Waals surface area contributed by atoms with E-state index in [0.29, 0.717) is 0 Å². The summed E-state index contributed by atoms with van der Waals surface area (Å²) in [7, 11) is 0. The zero-order valence-electron chi connectivity index (χ0n) is 10.5. The van der Waals surface area contributed by atoms with Crippen LogP contribution in [0, 0.1) is 30.2 Å². The van der Waals surface area contributed by atoms with Crippen LogP contribution in [0.2, 0.25) is 0 Å². The van der Waals surface area contributed by atoms with Crippen molar-refractivity contribution in [3.8, 4) is 0 Å². The molecule has 0 saturated heterocycles. The molecule has 0 aliphatic rings. The predicted octanol–water partition coefficient (Wildman–Crippen LogP) is 3.98. The van der Waals surface area contributed by atoms with Crippen LogP contribution in [0.5, 0.6) is 0 Å². The van der Waals surface area contributed by atoms with Crippen molar-refractivity contribution in [2.24, 2.45) is 0 Å². The standard InChI is InChI=1S/C15H10F4O/c1-8-5-14(19)10(6-13(8)18)15(20)7-9-11(16)3-2-4-12(9)17/h2-6H,7H2,1H3. The zero-order chi connectivity index (χ0) is 14.9. The minimum Gasteiger partial charge on any atom is -0.294 e. The molecule has 0 heterocycles. The number of hydrogen-bond donors (Lipinski definition) is 0. The number of ketones is 1. The molecule has 0 aromatic heterocycles. The average Bonchev–Trinajstić information content (AvgIpc) is 2.38. The highest BCUT2D eigenvalue weighted by molar-refractivity contribution is 5.97. The molecule has 5 heteroatoms. The van der Waals surface area contributed by atoms with Crippen LogP contribution in [-0.4, -0.2) is 5.78 Å². The van der Waals surface area contributed by atoms with Gasteiger partial charge in [-0.1, -0.05) is 6.07 Å². The first-order chi connectivity index (χ1) is 9.40. The molecule has 0 unspecified atom stereocenters. The Bertz CT molecular complexity index is 660. The zero-order valence-corrected chi connectivity index (χ0v) is 10.5. The maximum absolute atomic E-state index is 13.6. The lowest BCUT2D eigenvalue weighted by molar-refractivity contribution is 0.0986. The van der Waals surface area contributed by atoms with Crippen LogP contribution in [0.25, 0.3) is 0 Å². The van der Waals surface area contributed by atoms with E-state index in [1.165, 1.54) is 6.92 Å². The van der Waals surface area contributed by atoms with Crippen molar-refractivity contribution in [2.75, 3.05) is 0 Å². The van der Waals surface area contributed by atoms with Gasteiger partial charge in [0, 0.05) is 12.0 Å². The summed E-state index contributed by atoms with van der Waals surface area (Å²) in [5.41, 5.74) is -0.926. The topological polar surface area (TPSA) is 17.1 Å². The Morgan fingerprint density at radius 3 is 2.15 bits per heavy atom. The van der Waals surface area contributed by atoms with Crippen LogP contribution >= 0.6 is 0 Å². The van der Waals surface area contributed by atoms with Crippen LogP contribution in [0.3, 0.4) is 0 Å². The fraction of sp³-hybridized carbons (Fsp3) is 0.133. The summed E-state index contributed by atoms with van der Waals surface area (Å²) in [6.45, 7) is 1.35. The van der Waals surface area contributed by atoms with Gasteiger partial charge in [0.05, 0.1) is 5.56 Å². The van der Waals surface area contributed by atoms with Crippen molar-refractivity contribution in [1.82, 2.24) is 0 Å². The fourth-order valence-corrected chi connectivity index (χ4v) is 1.82. The lowest BCUT2D eigenvalue weighted by Gasteiger charge is -2.07. The monoisotopic (exact) mass is 282 g/mol. The molecule has 0 aliphatic heterocycles. The molecule has 0 N–H and O–H groups in total. The third-order valence-electron chi connectivity index (χ3n) is 2.95. The number of halogens is 4. The minimum absolute atomic E-state index is 0.0520. The molecular formula is C15H10F4O. The molecule has 0 spiro atoms. The average molecular weight is 282 g/mol. The maximum Gasteiger partial charge on any atom is 0.170 e. The second-order valence-corrected chi connectivity index (χ2v) is 4.38. The minimum atomic E-state index is -0.911. The smallest absolute Gasteiger partial charge is 0.170 e. The second-order valence-electron chi connectivity index (χ2n) is 4.38. The molecule has 1 nitrogen and oxygen atoms in total. The van der Waals surface area contributed by atoms with E-state index < -0.39 is 46.6 Å². The van der Waals surface area contributed by atoms with E-state index in [4.69, 9.17) is 0 Å². The van der Waals surface area contributed by atoms with Gasteiger partial charge in [0.25, 0.3) is 0 Å². The van der Waals surface area contributed by atoms with Gasteiger partial charge >= 0.3 is 0 Å². The fourth-order valence-electron chi connectivity index (χ4n) is 1.82. The van der Waals surface area contributed by atoms with Crippen LogP contribution in [0.1, 0.15) is 21.5 Å². The number of aryl methyl sites for hydroxylation is 1. The number of benzene rings is 2. The summed E-state index contributed by atoms with van der Waals surface area (Å²) in [5.74, 6) is -4.34. The quantitative estimate of drug-likeness (QED) is 0.615. The van der Waals surface area contributed by atoms with E-state index in [1.54, 1.807) is 0 Å². The van der Waals surface area contributed by atoms with E-state index in [0.717, 1.165) is 30.3 Å². The van der Waals surface area contributed by atoms with Gasteiger partial charge in [-0.25, -0.2) is 17.6 Å². The molecule has 0 amide bonds. The maximum atomic E-state index is 13.6. The van der Waals surface area contributed by atoms with Gasteiger partial charge in [-0.2, -0.15) is 0 Å². The van der Waals surface area contributed by atoms with Crippen molar-refractivity contribution in [3.05, 3.63) is 70.3 Å². The van der Waals surface area contributed by atoms with Crippen molar-refractivity contribution in [3.63, 3.8) is 0 Å². The van der Waals surface area contributed by atoms with Crippen LogP contribution < -0.4 is 0 Å². The molecular weight excluding hydrogens is 272 g/mol. The van der Waals surface area contributed by atoms with E-state index in [-0.39, 0.29) is 5.56 Å². The number of Topliss-reactive ketones (excluding diaryl/α,β-unsaturated/α-hetero) is 1. The molecule has 0 radical (unpaired) electrons. The largest absolute Gasteiger partial charge is 0.294 e. The highest BCUT2D eigenvalue weighted by Crippen LogP contribution is 2.19. The van der Waals surface area contributed by atoms with Gasteiger partial charge in [0.1, 0.15) is 23.3 Å². The molecule has 0 aliphatic carbocycles. The molecule has 0 atom stereocenters. The number of carbonyl (C=O) groups is 1. The highest BCUT2D eigenvalue weighted by atomic mass is 19.1.